The van der Waals surface area contributed by atoms with Crippen LogP contribution in [0.25, 0.3) is 0 Å². The number of nitrogens with one attached hydrogen (secondary N) is 1. The Balaban J connectivity index is 1.78. The van der Waals surface area contributed by atoms with Gasteiger partial charge in [0.1, 0.15) is 17.7 Å². The molecule has 0 unspecified atom stereocenters. The minimum atomic E-state index is -0.987. The Hall–Kier alpha value is -1.69. The van der Waals surface area contributed by atoms with Crippen LogP contribution in [0, 0.1) is 5.92 Å². The molecule has 3 fully saturated rings. The summed E-state index contributed by atoms with van der Waals surface area (Å²) in [5.41, 5.74) is 0.147. The highest BCUT2D eigenvalue weighted by Crippen LogP contribution is 2.29. The van der Waals surface area contributed by atoms with Crippen LogP contribution in [0.4, 0.5) is 5.82 Å². The van der Waals surface area contributed by atoms with E-state index in [1.54, 1.807) is 0 Å². The van der Waals surface area contributed by atoms with Crippen LogP contribution in [0.3, 0.4) is 0 Å². The molecule has 18 heavy (non-hydrogen) atoms. The number of hydrogen-bond acceptors (Lipinski definition) is 5. The smallest absolute Gasteiger partial charge is 0.341 e. The summed E-state index contributed by atoms with van der Waals surface area (Å²) in [6.45, 7) is 3.31. The summed E-state index contributed by atoms with van der Waals surface area (Å²) in [6.07, 6.45) is 5.10. The lowest BCUT2D eigenvalue weighted by Gasteiger charge is -2.45. The first kappa shape index (κ1) is 11.4. The van der Waals surface area contributed by atoms with Gasteiger partial charge in [0.15, 0.2) is 0 Å². The molecule has 0 aromatic carbocycles. The summed E-state index contributed by atoms with van der Waals surface area (Å²) in [7, 11) is 0. The van der Waals surface area contributed by atoms with Crippen LogP contribution in [-0.2, 0) is 0 Å². The van der Waals surface area contributed by atoms with Crippen molar-refractivity contribution in [3.05, 3.63) is 18.1 Å². The zero-order valence-electron chi connectivity index (χ0n) is 10.0. The van der Waals surface area contributed by atoms with Crippen molar-refractivity contribution in [2.24, 2.45) is 5.92 Å². The van der Waals surface area contributed by atoms with Crippen LogP contribution < -0.4 is 5.32 Å². The normalized spacial score (nSPS) is 30.1. The van der Waals surface area contributed by atoms with Gasteiger partial charge in [-0.3, -0.25) is 0 Å². The Morgan fingerprint density at radius 3 is 2.83 bits per heavy atom. The maximum atomic E-state index is 11.1. The molecule has 1 atom stereocenters. The number of carboxylic acid groups (broad SMARTS) is 1. The second kappa shape index (κ2) is 4.53. The van der Waals surface area contributed by atoms with Crippen LogP contribution in [-0.4, -0.2) is 51.6 Å². The third kappa shape index (κ3) is 2.03. The Labute approximate surface area is 105 Å². The van der Waals surface area contributed by atoms with E-state index in [4.69, 9.17) is 5.11 Å². The molecular formula is C12H16N4O2. The van der Waals surface area contributed by atoms with Gasteiger partial charge >= 0.3 is 5.97 Å². The average Bonchev–Trinajstić information content (AvgIpc) is 2.40. The highest BCUT2D eigenvalue weighted by molar-refractivity contribution is 5.92. The second-order valence-electron chi connectivity index (χ2n) is 4.98. The molecule has 6 nitrogen and oxygen atoms in total. The third-order valence-electron chi connectivity index (χ3n) is 3.92. The van der Waals surface area contributed by atoms with Crippen molar-refractivity contribution in [2.45, 2.75) is 18.9 Å². The van der Waals surface area contributed by atoms with E-state index >= 15 is 0 Å². The SMILES string of the molecule is O=C(O)c1cncnc1N[C@@H]1CN2CCC1CC2. The Morgan fingerprint density at radius 1 is 1.44 bits per heavy atom. The van der Waals surface area contributed by atoms with E-state index in [9.17, 15) is 4.79 Å². The number of hydrogen-bond donors (Lipinski definition) is 2. The molecule has 0 saturated carbocycles. The molecule has 6 heteroatoms. The van der Waals surface area contributed by atoms with E-state index in [0.717, 1.165) is 6.54 Å². The molecule has 2 bridgehead atoms. The van der Waals surface area contributed by atoms with E-state index in [2.05, 4.69) is 20.2 Å². The molecule has 3 aliphatic heterocycles. The van der Waals surface area contributed by atoms with Crippen LogP contribution >= 0.6 is 0 Å². The number of carboxylic acids is 1. The summed E-state index contributed by atoms with van der Waals surface area (Å²) in [5.74, 6) is 0.0854. The Kier molecular flexibility index (Phi) is 2.87. The number of rotatable bonds is 3. The minimum Gasteiger partial charge on any atom is -0.477 e. The van der Waals surface area contributed by atoms with Gasteiger partial charge in [-0.1, -0.05) is 0 Å². The first-order chi connectivity index (χ1) is 8.74. The summed E-state index contributed by atoms with van der Waals surface area (Å²) < 4.78 is 0. The van der Waals surface area contributed by atoms with Crippen LogP contribution in [0.1, 0.15) is 23.2 Å². The summed E-state index contributed by atoms with van der Waals surface area (Å²) in [6, 6.07) is 0.306. The van der Waals surface area contributed by atoms with Gasteiger partial charge in [0, 0.05) is 18.8 Å². The maximum Gasteiger partial charge on any atom is 0.341 e. The van der Waals surface area contributed by atoms with E-state index < -0.39 is 5.97 Å². The van der Waals surface area contributed by atoms with Gasteiger partial charge in [0.2, 0.25) is 0 Å². The molecule has 2 N–H and O–H groups in total. The molecule has 3 saturated heterocycles. The molecule has 1 aromatic rings. The maximum absolute atomic E-state index is 11.1. The van der Waals surface area contributed by atoms with Gasteiger partial charge in [-0.2, -0.15) is 0 Å². The summed E-state index contributed by atoms with van der Waals surface area (Å²) >= 11 is 0. The van der Waals surface area contributed by atoms with Crippen molar-refractivity contribution >= 4 is 11.8 Å². The van der Waals surface area contributed by atoms with E-state index in [1.807, 2.05) is 0 Å². The van der Waals surface area contributed by atoms with Crippen molar-refractivity contribution in [2.75, 3.05) is 25.0 Å². The molecule has 0 amide bonds. The quantitative estimate of drug-likeness (QED) is 0.819. The van der Waals surface area contributed by atoms with Crippen molar-refractivity contribution in [1.82, 2.24) is 14.9 Å². The molecule has 3 aliphatic rings. The molecule has 4 rings (SSSR count). The minimum absolute atomic E-state index is 0.147. The second-order valence-corrected chi connectivity index (χ2v) is 4.98. The zero-order chi connectivity index (χ0) is 12.5. The summed E-state index contributed by atoms with van der Waals surface area (Å²) in [4.78, 5) is 21.3. The monoisotopic (exact) mass is 248 g/mol. The fourth-order valence-electron chi connectivity index (χ4n) is 2.91. The average molecular weight is 248 g/mol. The van der Waals surface area contributed by atoms with Gasteiger partial charge in [-0.15, -0.1) is 0 Å². The van der Waals surface area contributed by atoms with Crippen molar-refractivity contribution in [3.63, 3.8) is 0 Å². The lowest BCUT2D eigenvalue weighted by Crippen LogP contribution is -2.53. The fraction of sp³-hybridized carbons (Fsp3) is 0.583. The molecule has 0 aliphatic carbocycles. The molecule has 0 radical (unpaired) electrons. The number of piperidine rings is 3. The Morgan fingerprint density at radius 2 is 2.22 bits per heavy atom. The molecule has 1 aromatic heterocycles. The highest BCUT2D eigenvalue weighted by Gasteiger charge is 2.34. The Bertz CT molecular complexity index is 457. The predicted octanol–water partition coefficient (Wildman–Crippen LogP) is 0.681. The van der Waals surface area contributed by atoms with Gasteiger partial charge < -0.3 is 15.3 Å². The summed E-state index contributed by atoms with van der Waals surface area (Å²) in [5, 5.41) is 12.4. The van der Waals surface area contributed by atoms with Crippen LogP contribution in [0.15, 0.2) is 12.5 Å². The molecule has 4 heterocycles. The van der Waals surface area contributed by atoms with Gasteiger partial charge in [-0.05, 0) is 31.8 Å². The topological polar surface area (TPSA) is 78.3 Å². The lowest BCUT2D eigenvalue weighted by atomic mass is 9.84. The largest absolute Gasteiger partial charge is 0.477 e. The number of anilines is 1. The number of aromatic nitrogens is 2. The number of carbonyl (C=O) groups is 1. The number of aromatic carboxylic acids is 1. The van der Waals surface area contributed by atoms with Crippen molar-refractivity contribution in [1.29, 1.82) is 0 Å². The molecule has 0 spiro atoms. The van der Waals surface area contributed by atoms with Crippen LogP contribution in [0.5, 0.6) is 0 Å². The fourth-order valence-corrected chi connectivity index (χ4v) is 2.91. The van der Waals surface area contributed by atoms with Gasteiger partial charge in [0.25, 0.3) is 0 Å². The molecule has 96 valence electrons. The highest BCUT2D eigenvalue weighted by atomic mass is 16.4. The lowest BCUT2D eigenvalue weighted by molar-refractivity contribution is 0.0696. The molecular weight excluding hydrogens is 232 g/mol. The van der Waals surface area contributed by atoms with E-state index in [0.29, 0.717) is 17.8 Å². The van der Waals surface area contributed by atoms with E-state index in [-0.39, 0.29) is 5.56 Å². The predicted molar refractivity (Wildman–Crippen MR) is 65.6 cm³/mol. The van der Waals surface area contributed by atoms with Crippen LogP contribution in [0.2, 0.25) is 0 Å². The van der Waals surface area contributed by atoms with Gasteiger partial charge in [-0.25, -0.2) is 14.8 Å². The number of nitrogens with zero attached hydrogens (tertiary/aromatic N) is 3. The van der Waals surface area contributed by atoms with E-state index in [1.165, 1.54) is 38.5 Å². The first-order valence-corrected chi connectivity index (χ1v) is 6.26. The van der Waals surface area contributed by atoms with Crippen molar-refractivity contribution < 1.29 is 9.90 Å². The number of fused-ring (bicyclic) bond motifs is 3. The van der Waals surface area contributed by atoms with Gasteiger partial charge in [0.05, 0.1) is 0 Å². The standard InChI is InChI=1S/C12H16N4O2/c17-12(18)9-5-13-7-14-11(9)15-10-6-16-3-1-8(10)2-4-16/h5,7-8,10H,1-4,6H2,(H,17,18)(H,13,14,15)/t10-/m1/s1. The van der Waals surface area contributed by atoms with Crippen molar-refractivity contribution in [3.8, 4) is 0 Å². The first-order valence-electron chi connectivity index (χ1n) is 6.26. The third-order valence-corrected chi connectivity index (χ3v) is 3.92. The zero-order valence-corrected chi connectivity index (χ0v) is 10.0.